The molecule has 1 aliphatic rings. The number of hydrogen-bond donors (Lipinski definition) is 2. The molecule has 2 rings (SSSR count). The third-order valence-corrected chi connectivity index (χ3v) is 3.19. The molecule has 1 fully saturated rings. The molecule has 0 aromatic carbocycles. The Morgan fingerprint density at radius 3 is 2.53 bits per heavy atom. The van der Waals surface area contributed by atoms with Crippen LogP contribution in [0.15, 0.2) is 0 Å². The summed E-state index contributed by atoms with van der Waals surface area (Å²) in [6, 6.07) is 0. The third-order valence-electron chi connectivity index (χ3n) is 3.19. The molecule has 8 heteroatoms. The number of rotatable bonds is 2. The summed E-state index contributed by atoms with van der Waals surface area (Å²) in [5, 5.41) is 15.6. The molecule has 106 valence electrons. The van der Waals surface area contributed by atoms with E-state index >= 15 is 0 Å². The van der Waals surface area contributed by atoms with Gasteiger partial charge in [-0.2, -0.15) is 18.3 Å². The van der Waals surface area contributed by atoms with Gasteiger partial charge in [0, 0.05) is 18.5 Å². The van der Waals surface area contributed by atoms with Gasteiger partial charge in [-0.05, 0) is 6.92 Å². The Bertz CT molecular complexity index is 504. The number of aromatic amines is 1. The molecule has 5 nitrogen and oxygen atoms in total. The van der Waals surface area contributed by atoms with Crippen molar-refractivity contribution in [2.24, 2.45) is 5.41 Å². The van der Waals surface area contributed by atoms with Gasteiger partial charge in [-0.15, -0.1) is 0 Å². The van der Waals surface area contributed by atoms with E-state index in [4.69, 9.17) is 0 Å². The highest BCUT2D eigenvalue weighted by Crippen LogP contribution is 2.41. The summed E-state index contributed by atoms with van der Waals surface area (Å²) in [6.07, 6.45) is -5.16. The van der Waals surface area contributed by atoms with Gasteiger partial charge in [-0.1, -0.05) is 6.92 Å². The van der Waals surface area contributed by atoms with Crippen LogP contribution in [-0.4, -0.2) is 45.4 Å². The molecule has 19 heavy (non-hydrogen) atoms. The molecule has 1 saturated heterocycles. The average molecular weight is 277 g/mol. The van der Waals surface area contributed by atoms with E-state index in [0.29, 0.717) is 0 Å². The van der Waals surface area contributed by atoms with Gasteiger partial charge in [0.2, 0.25) is 0 Å². The van der Waals surface area contributed by atoms with Crippen LogP contribution in [-0.2, 0) is 0 Å². The van der Waals surface area contributed by atoms with E-state index in [9.17, 15) is 23.1 Å². The van der Waals surface area contributed by atoms with E-state index in [1.54, 1.807) is 0 Å². The Morgan fingerprint density at radius 2 is 2.11 bits per heavy atom. The van der Waals surface area contributed by atoms with Crippen molar-refractivity contribution in [2.75, 3.05) is 13.1 Å². The van der Waals surface area contributed by atoms with Crippen LogP contribution in [0, 0.1) is 12.3 Å². The number of aromatic nitrogens is 2. The highest BCUT2D eigenvalue weighted by atomic mass is 19.4. The molecular weight excluding hydrogens is 263 g/mol. The summed E-state index contributed by atoms with van der Waals surface area (Å²) in [5.41, 5.74) is -0.744. The number of H-pyrrole nitrogens is 1. The summed E-state index contributed by atoms with van der Waals surface area (Å²) in [7, 11) is 0. The lowest BCUT2D eigenvalue weighted by Crippen LogP contribution is -2.58. The first-order valence-electron chi connectivity index (χ1n) is 5.71. The summed E-state index contributed by atoms with van der Waals surface area (Å²) >= 11 is 0. The van der Waals surface area contributed by atoms with Crippen molar-refractivity contribution in [1.29, 1.82) is 0 Å². The number of nitrogens with one attached hydrogen (secondary N) is 1. The molecule has 0 aliphatic carbocycles. The summed E-state index contributed by atoms with van der Waals surface area (Å²) in [5.74, 6) is -0.785. The first-order chi connectivity index (χ1) is 8.61. The number of halogens is 3. The molecule has 0 bridgehead atoms. The quantitative estimate of drug-likeness (QED) is 0.866. The second kappa shape index (κ2) is 4.14. The first-order valence-corrected chi connectivity index (χ1v) is 5.71. The molecule has 0 spiro atoms. The Morgan fingerprint density at radius 1 is 1.53 bits per heavy atom. The number of carbonyl (C=O) groups is 1. The van der Waals surface area contributed by atoms with E-state index in [0.717, 1.165) is 0 Å². The minimum Gasteiger partial charge on any atom is -0.504 e. The van der Waals surface area contributed by atoms with Crippen molar-refractivity contribution >= 4 is 5.91 Å². The standard InChI is InChI=1S/C11H14F3N3O2/c1-6-8(18)7(16-15-6)9(19)17-4-10(2,5-17)3-11(12,13)14/h18H,3-5H2,1-2H3,(H,15,16). The van der Waals surface area contributed by atoms with Gasteiger partial charge in [-0.25, -0.2) is 0 Å². The van der Waals surface area contributed by atoms with Crippen molar-refractivity contribution in [3.63, 3.8) is 0 Å². The van der Waals surface area contributed by atoms with E-state index in [1.807, 2.05) is 0 Å². The molecule has 0 atom stereocenters. The number of aromatic hydroxyl groups is 1. The van der Waals surface area contributed by atoms with Crippen LogP contribution < -0.4 is 0 Å². The fourth-order valence-corrected chi connectivity index (χ4v) is 2.35. The normalized spacial score (nSPS) is 18.3. The Kier molecular flexibility index (Phi) is 2.98. The smallest absolute Gasteiger partial charge is 0.389 e. The van der Waals surface area contributed by atoms with Gasteiger partial charge >= 0.3 is 6.18 Å². The van der Waals surface area contributed by atoms with Crippen molar-refractivity contribution in [2.45, 2.75) is 26.4 Å². The molecule has 1 aromatic heterocycles. The first kappa shape index (κ1) is 13.7. The van der Waals surface area contributed by atoms with Crippen molar-refractivity contribution in [3.05, 3.63) is 11.4 Å². The van der Waals surface area contributed by atoms with E-state index < -0.39 is 23.9 Å². The van der Waals surface area contributed by atoms with Gasteiger partial charge in [0.1, 0.15) is 5.69 Å². The van der Waals surface area contributed by atoms with Crippen molar-refractivity contribution in [1.82, 2.24) is 15.1 Å². The maximum Gasteiger partial charge on any atom is 0.389 e. The highest BCUT2D eigenvalue weighted by molar-refractivity contribution is 5.95. The average Bonchev–Trinajstić information content (AvgIpc) is 2.53. The van der Waals surface area contributed by atoms with Gasteiger partial charge in [0.15, 0.2) is 11.4 Å². The zero-order chi connectivity index (χ0) is 14.4. The van der Waals surface area contributed by atoms with Crippen molar-refractivity contribution < 1.29 is 23.1 Å². The maximum absolute atomic E-state index is 12.3. The predicted molar refractivity (Wildman–Crippen MR) is 59.7 cm³/mol. The summed E-state index contributed by atoms with van der Waals surface area (Å²) in [6.45, 7) is 3.04. The van der Waals surface area contributed by atoms with E-state index in [2.05, 4.69) is 10.2 Å². The predicted octanol–water partition coefficient (Wildman–Crippen LogP) is 1.84. The molecule has 0 saturated carbocycles. The molecule has 2 heterocycles. The Labute approximate surface area is 107 Å². The molecule has 0 unspecified atom stereocenters. The Hall–Kier alpha value is -1.73. The van der Waals surface area contributed by atoms with E-state index in [1.165, 1.54) is 18.7 Å². The molecule has 1 aliphatic heterocycles. The van der Waals surface area contributed by atoms with Crippen LogP contribution in [0.3, 0.4) is 0 Å². The second-order valence-electron chi connectivity index (χ2n) is 5.30. The van der Waals surface area contributed by atoms with Crippen LogP contribution in [0.1, 0.15) is 29.5 Å². The number of likely N-dealkylation sites (tertiary alicyclic amines) is 1. The topological polar surface area (TPSA) is 69.2 Å². The number of amides is 1. The number of carbonyl (C=O) groups excluding carboxylic acids is 1. The fraction of sp³-hybridized carbons (Fsp3) is 0.636. The zero-order valence-electron chi connectivity index (χ0n) is 10.5. The van der Waals surface area contributed by atoms with Crippen LogP contribution in [0.2, 0.25) is 0 Å². The van der Waals surface area contributed by atoms with Crippen molar-refractivity contribution in [3.8, 4) is 5.75 Å². The van der Waals surface area contributed by atoms with E-state index in [-0.39, 0.29) is 30.2 Å². The number of nitrogens with zero attached hydrogens (tertiary/aromatic N) is 2. The lowest BCUT2D eigenvalue weighted by Gasteiger charge is -2.48. The summed E-state index contributed by atoms with van der Waals surface area (Å²) in [4.78, 5) is 13.2. The minimum absolute atomic E-state index is 0.0167. The zero-order valence-corrected chi connectivity index (χ0v) is 10.5. The molecule has 1 aromatic rings. The van der Waals surface area contributed by atoms with Crippen LogP contribution in [0.5, 0.6) is 5.75 Å². The molecule has 0 radical (unpaired) electrons. The third kappa shape index (κ3) is 2.66. The van der Waals surface area contributed by atoms with Crippen LogP contribution >= 0.6 is 0 Å². The molecular formula is C11H14F3N3O2. The van der Waals surface area contributed by atoms with Crippen LogP contribution in [0.4, 0.5) is 13.2 Å². The van der Waals surface area contributed by atoms with Gasteiger partial charge < -0.3 is 10.0 Å². The van der Waals surface area contributed by atoms with Gasteiger partial charge in [0.05, 0.1) is 6.42 Å². The minimum atomic E-state index is -4.24. The summed E-state index contributed by atoms with van der Waals surface area (Å²) < 4.78 is 37.0. The van der Waals surface area contributed by atoms with Crippen LogP contribution in [0.25, 0.3) is 0 Å². The number of alkyl halides is 3. The number of hydrogen-bond acceptors (Lipinski definition) is 3. The monoisotopic (exact) mass is 277 g/mol. The van der Waals surface area contributed by atoms with Gasteiger partial charge in [0.25, 0.3) is 5.91 Å². The fourth-order valence-electron chi connectivity index (χ4n) is 2.35. The lowest BCUT2D eigenvalue weighted by atomic mass is 9.78. The maximum atomic E-state index is 12.3. The second-order valence-corrected chi connectivity index (χ2v) is 5.30. The SMILES string of the molecule is Cc1n[nH]c(C(=O)N2CC(C)(CC(F)(F)F)C2)c1O. The van der Waals surface area contributed by atoms with Gasteiger partial charge in [-0.3, -0.25) is 9.89 Å². The lowest BCUT2D eigenvalue weighted by molar-refractivity contribution is -0.172. The molecule has 2 N–H and O–H groups in total. The largest absolute Gasteiger partial charge is 0.504 e. The number of aryl methyl sites for hydroxylation is 1. The highest BCUT2D eigenvalue weighted by Gasteiger charge is 2.48. The Balaban J connectivity index is 2.01. The molecule has 1 amide bonds.